The minimum absolute atomic E-state index is 0.00561. The number of urea groups is 1. The van der Waals surface area contributed by atoms with Crippen LogP contribution in [-0.2, 0) is 4.79 Å². The van der Waals surface area contributed by atoms with Gasteiger partial charge in [-0.05, 0) is 19.4 Å². The Labute approximate surface area is 131 Å². The molecule has 0 saturated carbocycles. The van der Waals surface area contributed by atoms with Crippen LogP contribution in [0.3, 0.4) is 0 Å². The molecule has 0 saturated heterocycles. The van der Waals surface area contributed by atoms with Crippen molar-refractivity contribution >= 4 is 29.2 Å². The SMILES string of the molecule is CC[C@@H](C)NC(=O)NC(=O)COc1ccc([N+](=O)[O-])cc1Cl. The fraction of sp³-hybridized carbons (Fsp3) is 0.385. The first-order valence-corrected chi connectivity index (χ1v) is 6.88. The summed E-state index contributed by atoms with van der Waals surface area (Å²) in [5, 5.41) is 15.2. The molecule has 0 aliphatic rings. The van der Waals surface area contributed by atoms with E-state index in [9.17, 15) is 19.7 Å². The molecule has 22 heavy (non-hydrogen) atoms. The summed E-state index contributed by atoms with van der Waals surface area (Å²) in [6.45, 7) is 3.26. The van der Waals surface area contributed by atoms with Gasteiger partial charge in [0, 0.05) is 18.2 Å². The number of nitro groups is 1. The highest BCUT2D eigenvalue weighted by Crippen LogP contribution is 2.28. The Kier molecular flexibility index (Phi) is 6.58. The number of halogens is 1. The van der Waals surface area contributed by atoms with Gasteiger partial charge in [0.1, 0.15) is 5.75 Å². The normalized spacial score (nSPS) is 11.4. The van der Waals surface area contributed by atoms with Crippen molar-refractivity contribution in [2.45, 2.75) is 26.3 Å². The van der Waals surface area contributed by atoms with E-state index in [-0.39, 0.29) is 22.5 Å². The van der Waals surface area contributed by atoms with Crippen molar-refractivity contribution in [1.82, 2.24) is 10.6 Å². The Hall–Kier alpha value is -2.35. The van der Waals surface area contributed by atoms with E-state index < -0.39 is 23.5 Å². The molecular weight excluding hydrogens is 314 g/mol. The van der Waals surface area contributed by atoms with E-state index in [0.29, 0.717) is 0 Å². The summed E-state index contributed by atoms with van der Waals surface area (Å²) in [7, 11) is 0. The fourth-order valence-corrected chi connectivity index (χ4v) is 1.62. The minimum atomic E-state index is -0.657. The molecule has 1 aromatic rings. The average Bonchev–Trinajstić information content (AvgIpc) is 2.45. The fourth-order valence-electron chi connectivity index (χ4n) is 1.39. The summed E-state index contributed by atoms with van der Waals surface area (Å²) >= 11 is 5.81. The topological polar surface area (TPSA) is 111 Å². The van der Waals surface area contributed by atoms with Gasteiger partial charge in [0.05, 0.1) is 9.95 Å². The zero-order valence-electron chi connectivity index (χ0n) is 12.1. The molecule has 1 rings (SSSR count). The van der Waals surface area contributed by atoms with Gasteiger partial charge < -0.3 is 10.1 Å². The monoisotopic (exact) mass is 329 g/mol. The van der Waals surface area contributed by atoms with Crippen LogP contribution in [0.15, 0.2) is 18.2 Å². The maximum Gasteiger partial charge on any atom is 0.321 e. The quantitative estimate of drug-likeness (QED) is 0.614. The number of imide groups is 1. The smallest absolute Gasteiger partial charge is 0.321 e. The van der Waals surface area contributed by atoms with Gasteiger partial charge in [-0.3, -0.25) is 20.2 Å². The van der Waals surface area contributed by atoms with Gasteiger partial charge in [0.2, 0.25) is 0 Å². The number of amides is 3. The van der Waals surface area contributed by atoms with Crippen LogP contribution in [0, 0.1) is 10.1 Å². The van der Waals surface area contributed by atoms with Gasteiger partial charge in [0.25, 0.3) is 11.6 Å². The number of nitrogens with zero attached hydrogens (tertiary/aromatic N) is 1. The van der Waals surface area contributed by atoms with E-state index in [1.54, 1.807) is 6.92 Å². The first-order valence-electron chi connectivity index (χ1n) is 6.50. The van der Waals surface area contributed by atoms with Gasteiger partial charge in [-0.15, -0.1) is 0 Å². The predicted molar refractivity (Wildman–Crippen MR) is 80.0 cm³/mol. The van der Waals surface area contributed by atoms with E-state index in [2.05, 4.69) is 10.6 Å². The third-order valence-corrected chi connectivity index (χ3v) is 3.02. The second-order valence-electron chi connectivity index (χ2n) is 4.49. The summed E-state index contributed by atoms with van der Waals surface area (Å²) in [4.78, 5) is 32.9. The Morgan fingerprint density at radius 2 is 2.14 bits per heavy atom. The third kappa shape index (κ3) is 5.57. The van der Waals surface area contributed by atoms with Gasteiger partial charge in [-0.25, -0.2) is 4.79 Å². The molecule has 0 bridgehead atoms. The predicted octanol–water partition coefficient (Wildman–Crippen LogP) is 2.25. The van der Waals surface area contributed by atoms with Gasteiger partial charge >= 0.3 is 6.03 Å². The number of non-ortho nitro benzene ring substituents is 1. The molecule has 2 N–H and O–H groups in total. The molecule has 1 atom stereocenters. The van der Waals surface area contributed by atoms with Crippen molar-refractivity contribution in [3.8, 4) is 5.75 Å². The molecule has 3 amide bonds. The van der Waals surface area contributed by atoms with Crippen LogP contribution < -0.4 is 15.4 Å². The van der Waals surface area contributed by atoms with Crippen molar-refractivity contribution in [2.75, 3.05) is 6.61 Å². The Balaban J connectivity index is 2.51. The first-order chi connectivity index (χ1) is 10.3. The second-order valence-corrected chi connectivity index (χ2v) is 4.90. The molecule has 120 valence electrons. The van der Waals surface area contributed by atoms with Crippen molar-refractivity contribution in [2.24, 2.45) is 0 Å². The Bertz CT molecular complexity index is 579. The number of rotatable bonds is 6. The average molecular weight is 330 g/mol. The summed E-state index contributed by atoms with van der Waals surface area (Å²) in [5.41, 5.74) is -0.185. The number of carbonyl (C=O) groups excluding carboxylic acids is 2. The molecule has 0 radical (unpaired) electrons. The van der Waals surface area contributed by atoms with Crippen LogP contribution in [-0.4, -0.2) is 29.5 Å². The Morgan fingerprint density at radius 3 is 2.68 bits per heavy atom. The minimum Gasteiger partial charge on any atom is -0.482 e. The number of ether oxygens (including phenoxy) is 1. The van der Waals surface area contributed by atoms with Gasteiger partial charge in [-0.2, -0.15) is 0 Å². The first kappa shape index (κ1) is 17.7. The molecule has 0 aliphatic heterocycles. The summed E-state index contributed by atoms with van der Waals surface area (Å²) < 4.78 is 5.12. The number of nitrogens with one attached hydrogen (secondary N) is 2. The van der Waals surface area contributed by atoms with E-state index >= 15 is 0 Å². The van der Waals surface area contributed by atoms with Crippen LogP contribution in [0.5, 0.6) is 5.75 Å². The van der Waals surface area contributed by atoms with Gasteiger partial charge in [-0.1, -0.05) is 18.5 Å². The van der Waals surface area contributed by atoms with E-state index in [1.807, 2.05) is 6.92 Å². The highest BCUT2D eigenvalue weighted by molar-refractivity contribution is 6.32. The lowest BCUT2D eigenvalue weighted by Gasteiger charge is -2.12. The molecule has 1 aromatic carbocycles. The highest BCUT2D eigenvalue weighted by Gasteiger charge is 2.13. The molecule has 0 fully saturated rings. The van der Waals surface area contributed by atoms with Crippen LogP contribution >= 0.6 is 11.6 Å². The van der Waals surface area contributed by atoms with Crippen LogP contribution in [0.2, 0.25) is 5.02 Å². The number of hydrogen-bond donors (Lipinski definition) is 2. The largest absolute Gasteiger partial charge is 0.482 e. The van der Waals surface area contributed by atoms with Crippen molar-refractivity contribution < 1.29 is 19.2 Å². The van der Waals surface area contributed by atoms with E-state index in [0.717, 1.165) is 12.5 Å². The molecule has 0 heterocycles. The van der Waals surface area contributed by atoms with Crippen LogP contribution in [0.1, 0.15) is 20.3 Å². The number of benzene rings is 1. The lowest BCUT2D eigenvalue weighted by molar-refractivity contribution is -0.384. The summed E-state index contributed by atoms with van der Waals surface area (Å²) in [5.74, 6) is -0.542. The van der Waals surface area contributed by atoms with Gasteiger partial charge in [0.15, 0.2) is 6.61 Å². The Morgan fingerprint density at radius 1 is 1.45 bits per heavy atom. The zero-order chi connectivity index (χ0) is 16.7. The summed E-state index contributed by atoms with van der Waals surface area (Å²) in [6.07, 6.45) is 0.733. The maximum absolute atomic E-state index is 11.5. The lowest BCUT2D eigenvalue weighted by atomic mass is 10.3. The lowest BCUT2D eigenvalue weighted by Crippen LogP contribution is -2.44. The second kappa shape index (κ2) is 8.18. The molecule has 0 aromatic heterocycles. The van der Waals surface area contributed by atoms with Crippen molar-refractivity contribution in [3.63, 3.8) is 0 Å². The van der Waals surface area contributed by atoms with Crippen LogP contribution in [0.4, 0.5) is 10.5 Å². The van der Waals surface area contributed by atoms with Crippen LogP contribution in [0.25, 0.3) is 0 Å². The maximum atomic E-state index is 11.5. The van der Waals surface area contributed by atoms with E-state index in [4.69, 9.17) is 16.3 Å². The number of hydrogen-bond acceptors (Lipinski definition) is 5. The molecule has 0 spiro atoms. The molecule has 8 nitrogen and oxygen atoms in total. The highest BCUT2D eigenvalue weighted by atomic mass is 35.5. The molecule has 9 heteroatoms. The van der Waals surface area contributed by atoms with E-state index in [1.165, 1.54) is 12.1 Å². The number of nitro benzene ring substituents is 1. The molecular formula is C13H16ClN3O5. The molecule has 0 unspecified atom stereocenters. The standard InChI is InChI=1S/C13H16ClN3O5/c1-3-8(2)15-13(19)16-12(18)7-22-11-5-4-9(17(20)21)6-10(11)14/h4-6,8H,3,7H2,1-2H3,(H2,15,16,18,19)/t8-/m1/s1. The van der Waals surface area contributed by atoms with Crippen molar-refractivity contribution in [3.05, 3.63) is 33.3 Å². The number of carbonyl (C=O) groups is 2. The zero-order valence-corrected chi connectivity index (χ0v) is 12.8. The third-order valence-electron chi connectivity index (χ3n) is 2.73. The molecule has 0 aliphatic carbocycles. The summed E-state index contributed by atoms with van der Waals surface area (Å²) in [6, 6.07) is 2.93. The van der Waals surface area contributed by atoms with Crippen molar-refractivity contribution in [1.29, 1.82) is 0 Å².